The second kappa shape index (κ2) is 8.18. The summed E-state index contributed by atoms with van der Waals surface area (Å²) in [5.74, 6) is -0.186. The monoisotopic (exact) mass is 428 g/mol. The van der Waals surface area contributed by atoms with Crippen molar-refractivity contribution >= 4 is 39.7 Å². The van der Waals surface area contributed by atoms with Crippen LogP contribution in [0.2, 0.25) is 5.02 Å². The number of carbonyl (C=O) groups is 1. The van der Waals surface area contributed by atoms with Crippen LogP contribution in [0.25, 0.3) is 11.3 Å². The third-order valence-electron chi connectivity index (χ3n) is 4.77. The van der Waals surface area contributed by atoms with E-state index in [0.717, 1.165) is 16.4 Å². The van der Waals surface area contributed by atoms with Gasteiger partial charge in [0.05, 0.1) is 10.6 Å². The highest BCUT2D eigenvalue weighted by molar-refractivity contribution is 7.14. The number of carbonyl (C=O) groups excluding carboxylic acids is 1. The Morgan fingerprint density at radius 3 is 2.52 bits per heavy atom. The van der Waals surface area contributed by atoms with Crippen LogP contribution in [0.4, 0.5) is 10.8 Å². The second-order valence-corrected chi connectivity index (χ2v) is 7.88. The molecule has 0 unspecified atom stereocenters. The van der Waals surface area contributed by atoms with E-state index in [0.29, 0.717) is 36.8 Å². The van der Waals surface area contributed by atoms with Crippen LogP contribution < -0.4 is 4.90 Å². The van der Waals surface area contributed by atoms with Crippen molar-refractivity contribution in [3.63, 3.8) is 0 Å². The van der Waals surface area contributed by atoms with Crippen molar-refractivity contribution in [3.8, 4) is 11.3 Å². The number of piperazine rings is 1. The van der Waals surface area contributed by atoms with Crippen molar-refractivity contribution in [1.29, 1.82) is 0 Å². The number of benzene rings is 2. The van der Waals surface area contributed by atoms with Gasteiger partial charge in [0.25, 0.3) is 11.6 Å². The Balaban J connectivity index is 1.41. The van der Waals surface area contributed by atoms with Gasteiger partial charge in [-0.05, 0) is 18.2 Å². The van der Waals surface area contributed by atoms with Crippen LogP contribution in [0.1, 0.15) is 10.4 Å². The molecule has 1 aliphatic heterocycles. The van der Waals surface area contributed by atoms with Gasteiger partial charge in [-0.25, -0.2) is 4.98 Å². The Morgan fingerprint density at radius 1 is 1.10 bits per heavy atom. The molecule has 0 bridgehead atoms. The van der Waals surface area contributed by atoms with Gasteiger partial charge in [0.15, 0.2) is 5.13 Å². The van der Waals surface area contributed by atoms with E-state index in [1.165, 1.54) is 18.2 Å². The molecule has 0 saturated carbocycles. The zero-order valence-electron chi connectivity index (χ0n) is 15.3. The maximum atomic E-state index is 12.7. The highest BCUT2D eigenvalue weighted by Crippen LogP contribution is 2.29. The van der Waals surface area contributed by atoms with E-state index in [2.05, 4.69) is 4.90 Å². The molecule has 0 atom stereocenters. The van der Waals surface area contributed by atoms with Gasteiger partial charge in [-0.3, -0.25) is 14.9 Å². The van der Waals surface area contributed by atoms with Crippen LogP contribution in [0.15, 0.2) is 53.9 Å². The molecular formula is C20H17ClN4O3S. The first-order chi connectivity index (χ1) is 14.0. The number of nitro benzene ring substituents is 1. The number of aromatic nitrogens is 1. The molecule has 1 fully saturated rings. The fourth-order valence-electron chi connectivity index (χ4n) is 3.20. The number of thiazole rings is 1. The molecule has 2 heterocycles. The van der Waals surface area contributed by atoms with Crippen LogP contribution in [0.5, 0.6) is 0 Å². The number of hydrogen-bond acceptors (Lipinski definition) is 6. The van der Waals surface area contributed by atoms with Crippen molar-refractivity contribution in [2.75, 3.05) is 31.1 Å². The van der Waals surface area contributed by atoms with Crippen LogP contribution in [0, 0.1) is 10.1 Å². The first-order valence-corrected chi connectivity index (χ1v) is 10.3. The van der Waals surface area contributed by atoms with Gasteiger partial charge in [0.1, 0.15) is 0 Å². The third kappa shape index (κ3) is 4.23. The Hall–Kier alpha value is -2.97. The molecule has 0 radical (unpaired) electrons. The summed E-state index contributed by atoms with van der Waals surface area (Å²) in [6.07, 6.45) is 0. The van der Waals surface area contributed by atoms with Gasteiger partial charge in [-0.1, -0.05) is 29.8 Å². The number of amides is 1. The second-order valence-electron chi connectivity index (χ2n) is 6.61. The molecule has 1 amide bonds. The van der Waals surface area contributed by atoms with Gasteiger partial charge >= 0.3 is 0 Å². The summed E-state index contributed by atoms with van der Waals surface area (Å²) in [7, 11) is 0. The molecule has 148 valence electrons. The van der Waals surface area contributed by atoms with Crippen molar-refractivity contribution in [2.24, 2.45) is 0 Å². The minimum absolute atomic E-state index is 0.0769. The standard InChI is InChI=1S/C20H17ClN4O3S/c21-16-6-4-14(5-7-16)18-13-29-20(22-18)24-10-8-23(9-11-24)19(26)15-2-1-3-17(12-15)25(27)28/h1-7,12-13H,8-11H2. The zero-order valence-corrected chi connectivity index (χ0v) is 16.9. The van der Waals surface area contributed by atoms with Crippen molar-refractivity contribution < 1.29 is 9.72 Å². The minimum atomic E-state index is -0.491. The molecule has 4 rings (SSSR count). The first kappa shape index (κ1) is 19.4. The fourth-order valence-corrected chi connectivity index (χ4v) is 4.21. The maximum Gasteiger partial charge on any atom is 0.270 e. The molecule has 3 aromatic rings. The molecule has 2 aromatic carbocycles. The summed E-state index contributed by atoms with van der Waals surface area (Å²) in [6, 6.07) is 13.4. The van der Waals surface area contributed by atoms with Crippen LogP contribution in [-0.4, -0.2) is 46.9 Å². The van der Waals surface area contributed by atoms with E-state index < -0.39 is 4.92 Å². The molecule has 9 heteroatoms. The molecule has 0 aliphatic carbocycles. The molecule has 1 aromatic heterocycles. The van der Waals surface area contributed by atoms with Gasteiger partial charge in [-0.2, -0.15) is 0 Å². The number of non-ortho nitro benzene ring substituents is 1. The quantitative estimate of drug-likeness (QED) is 0.456. The summed E-state index contributed by atoms with van der Waals surface area (Å²) in [6.45, 7) is 2.40. The van der Waals surface area contributed by atoms with Gasteiger partial charge in [0, 0.05) is 59.8 Å². The predicted octanol–water partition coefficient (Wildman–Crippen LogP) is 4.33. The highest BCUT2D eigenvalue weighted by Gasteiger charge is 2.24. The van der Waals surface area contributed by atoms with Crippen LogP contribution in [0.3, 0.4) is 0 Å². The number of halogens is 1. The van der Waals surface area contributed by atoms with Crippen molar-refractivity contribution in [2.45, 2.75) is 0 Å². The number of nitro groups is 1. The van der Waals surface area contributed by atoms with E-state index >= 15 is 0 Å². The number of anilines is 1. The van der Waals surface area contributed by atoms with Gasteiger partial charge in [-0.15, -0.1) is 11.3 Å². The van der Waals surface area contributed by atoms with E-state index in [1.807, 2.05) is 29.6 Å². The number of hydrogen-bond donors (Lipinski definition) is 0. The smallest absolute Gasteiger partial charge is 0.270 e. The zero-order chi connectivity index (χ0) is 20.4. The third-order valence-corrected chi connectivity index (χ3v) is 5.93. The van der Waals surface area contributed by atoms with E-state index in [-0.39, 0.29) is 11.6 Å². The summed E-state index contributed by atoms with van der Waals surface area (Å²) >= 11 is 7.51. The van der Waals surface area contributed by atoms with Crippen molar-refractivity contribution in [1.82, 2.24) is 9.88 Å². The summed E-state index contributed by atoms with van der Waals surface area (Å²) < 4.78 is 0. The Morgan fingerprint density at radius 2 is 1.83 bits per heavy atom. The molecule has 29 heavy (non-hydrogen) atoms. The summed E-state index contributed by atoms with van der Waals surface area (Å²) in [5.41, 5.74) is 2.17. The Kier molecular flexibility index (Phi) is 5.46. The Labute approximate surface area is 176 Å². The largest absolute Gasteiger partial charge is 0.345 e. The summed E-state index contributed by atoms with van der Waals surface area (Å²) in [4.78, 5) is 31.7. The average Bonchev–Trinajstić information content (AvgIpc) is 3.24. The molecule has 0 spiro atoms. The lowest BCUT2D eigenvalue weighted by molar-refractivity contribution is -0.384. The average molecular weight is 429 g/mol. The van der Waals surface area contributed by atoms with E-state index in [1.54, 1.807) is 22.3 Å². The molecule has 0 N–H and O–H groups in total. The SMILES string of the molecule is O=C(c1cccc([N+](=O)[O-])c1)N1CCN(c2nc(-c3ccc(Cl)cc3)cs2)CC1. The lowest BCUT2D eigenvalue weighted by Crippen LogP contribution is -2.48. The number of rotatable bonds is 4. The molecule has 7 nitrogen and oxygen atoms in total. The molecule has 1 saturated heterocycles. The lowest BCUT2D eigenvalue weighted by atomic mass is 10.1. The Bertz CT molecular complexity index is 1050. The fraction of sp³-hybridized carbons (Fsp3) is 0.200. The van der Waals surface area contributed by atoms with Crippen LogP contribution in [-0.2, 0) is 0 Å². The normalized spacial score (nSPS) is 14.1. The minimum Gasteiger partial charge on any atom is -0.345 e. The highest BCUT2D eigenvalue weighted by atomic mass is 35.5. The summed E-state index contributed by atoms with van der Waals surface area (Å²) in [5, 5.41) is 14.6. The topological polar surface area (TPSA) is 79.6 Å². The van der Waals surface area contributed by atoms with E-state index in [9.17, 15) is 14.9 Å². The molecular weight excluding hydrogens is 412 g/mol. The van der Waals surface area contributed by atoms with Crippen LogP contribution >= 0.6 is 22.9 Å². The predicted molar refractivity (Wildman–Crippen MR) is 114 cm³/mol. The van der Waals surface area contributed by atoms with Crippen molar-refractivity contribution in [3.05, 3.63) is 74.6 Å². The first-order valence-electron chi connectivity index (χ1n) is 9.01. The van der Waals surface area contributed by atoms with E-state index in [4.69, 9.17) is 16.6 Å². The molecule has 1 aliphatic rings. The van der Waals surface area contributed by atoms with Gasteiger partial charge in [0.2, 0.25) is 0 Å². The maximum absolute atomic E-state index is 12.7. The van der Waals surface area contributed by atoms with Gasteiger partial charge < -0.3 is 9.80 Å². The number of nitrogens with zero attached hydrogens (tertiary/aromatic N) is 4. The lowest BCUT2D eigenvalue weighted by Gasteiger charge is -2.34.